The lowest BCUT2D eigenvalue weighted by Gasteiger charge is -2.70. The molecule has 2 aliphatic heterocycles. The van der Waals surface area contributed by atoms with Crippen LogP contribution in [-0.2, 0) is 47.7 Å². The molecular weight excluding hydrogens is 816 g/mol. The number of ketones is 1. The number of aliphatic hydroxyl groups excluding tert-OH is 5. The lowest BCUT2D eigenvalue weighted by atomic mass is 9.33. The Hall–Kier alpha value is -3.07. The van der Waals surface area contributed by atoms with Crippen LogP contribution >= 0.6 is 0 Å². The summed E-state index contributed by atoms with van der Waals surface area (Å²) in [7, 11) is 0. The molecule has 6 fully saturated rings. The molecule has 348 valence electrons. The standard InChI is InChI=1S/C44H64O18/c1-8-58-38(57)44-15-13-40(4,37(55)56)18-20(44)19-17-21(45)32-41(5)11-10-23(39(2,3)22(41)9-12-43(32,7)42(19,6)14-16-44)59-36-31(27(49)26(48)30(61-36)34(53)54)62-35-28(50)24(46)25(47)29(60-35)33(51)52/h17,20,22-32,35-36,46-50H,8-16,18H2,1-7H3,(H,51,52)(H,53,54)(H,55,56)/t20-,22-,23-,24-,25-,26-,27-,28+,29-,30-,31+,32+,35-,36+,40-,41-,42+,43+,44-/m0/s1. The molecule has 0 radical (unpaired) electrons. The van der Waals surface area contributed by atoms with Gasteiger partial charge in [0.05, 0.1) is 23.5 Å². The van der Waals surface area contributed by atoms with Crippen LogP contribution in [0.5, 0.6) is 0 Å². The van der Waals surface area contributed by atoms with Gasteiger partial charge in [0.2, 0.25) is 0 Å². The Morgan fingerprint density at radius 1 is 0.726 bits per heavy atom. The average Bonchev–Trinajstić information content (AvgIpc) is 3.18. The molecule has 0 aromatic rings. The zero-order valence-electron chi connectivity index (χ0n) is 36.4. The lowest BCUT2D eigenvalue weighted by molar-refractivity contribution is -0.371. The normalized spacial score (nSPS) is 49.8. The Bertz CT molecular complexity index is 1870. The van der Waals surface area contributed by atoms with Gasteiger partial charge in [-0.2, -0.15) is 0 Å². The molecule has 18 heteroatoms. The van der Waals surface area contributed by atoms with E-state index >= 15 is 4.79 Å². The number of rotatable bonds is 9. The summed E-state index contributed by atoms with van der Waals surface area (Å²) < 4.78 is 29.0. The van der Waals surface area contributed by atoms with Crippen molar-refractivity contribution in [2.24, 2.45) is 50.2 Å². The highest BCUT2D eigenvalue weighted by molar-refractivity contribution is 5.96. The Kier molecular flexibility index (Phi) is 12.0. The van der Waals surface area contributed by atoms with Crippen LogP contribution < -0.4 is 0 Å². The maximum absolute atomic E-state index is 15.0. The van der Waals surface area contributed by atoms with Gasteiger partial charge in [0, 0.05) is 5.92 Å². The molecule has 5 aliphatic carbocycles. The van der Waals surface area contributed by atoms with Crippen LogP contribution in [0.4, 0.5) is 0 Å². The van der Waals surface area contributed by atoms with Gasteiger partial charge in [0.25, 0.3) is 0 Å². The van der Waals surface area contributed by atoms with E-state index in [2.05, 4.69) is 20.8 Å². The van der Waals surface area contributed by atoms with Gasteiger partial charge in [-0.15, -0.1) is 0 Å². The van der Waals surface area contributed by atoms with Crippen molar-refractivity contribution in [2.75, 3.05) is 6.61 Å². The molecule has 7 rings (SSSR count). The second-order valence-corrected chi connectivity index (χ2v) is 20.8. The molecule has 0 spiro atoms. The molecule has 62 heavy (non-hydrogen) atoms. The maximum atomic E-state index is 15.0. The topological polar surface area (TPSA) is 293 Å². The minimum atomic E-state index is -2.08. The van der Waals surface area contributed by atoms with E-state index < -0.39 is 130 Å². The zero-order valence-corrected chi connectivity index (χ0v) is 36.4. The number of hydrogen-bond donors (Lipinski definition) is 8. The monoisotopic (exact) mass is 880 g/mol. The van der Waals surface area contributed by atoms with Crippen molar-refractivity contribution in [1.82, 2.24) is 0 Å². The van der Waals surface area contributed by atoms with Gasteiger partial charge in [-0.25, -0.2) is 9.59 Å². The summed E-state index contributed by atoms with van der Waals surface area (Å²) in [5.74, 6) is -5.81. The number of aliphatic hydroxyl groups is 5. The number of aliphatic carboxylic acids is 3. The first kappa shape index (κ1) is 46.9. The molecule has 18 nitrogen and oxygen atoms in total. The molecule has 0 amide bonds. The van der Waals surface area contributed by atoms with E-state index in [9.17, 15) is 60.0 Å². The van der Waals surface area contributed by atoms with E-state index in [1.54, 1.807) is 19.9 Å². The third kappa shape index (κ3) is 6.79. The molecule has 0 aromatic heterocycles. The smallest absolute Gasteiger partial charge is 0.335 e. The number of carbonyl (C=O) groups excluding carboxylic acids is 2. The molecule has 0 unspecified atom stereocenters. The van der Waals surface area contributed by atoms with E-state index in [0.29, 0.717) is 51.4 Å². The molecule has 0 bridgehead atoms. The average molecular weight is 881 g/mol. The molecule has 4 saturated carbocycles. The number of ether oxygens (including phenoxy) is 5. The molecule has 8 N–H and O–H groups in total. The summed E-state index contributed by atoms with van der Waals surface area (Å²) in [6.07, 6.45) is -14.8. The van der Waals surface area contributed by atoms with Gasteiger partial charge in [-0.05, 0) is 111 Å². The number of carbonyl (C=O) groups is 5. The minimum absolute atomic E-state index is 0.0758. The van der Waals surface area contributed by atoms with Gasteiger partial charge in [0.15, 0.2) is 30.6 Å². The fourth-order valence-electron chi connectivity index (χ4n) is 13.7. The first-order valence-electron chi connectivity index (χ1n) is 21.9. The van der Waals surface area contributed by atoms with Crippen LogP contribution in [0, 0.1) is 50.2 Å². The number of esters is 1. The van der Waals surface area contributed by atoms with Gasteiger partial charge in [-0.3, -0.25) is 14.4 Å². The molecule has 2 saturated heterocycles. The summed E-state index contributed by atoms with van der Waals surface area (Å²) >= 11 is 0. The Morgan fingerprint density at radius 3 is 1.92 bits per heavy atom. The Balaban J connectivity index is 1.19. The highest BCUT2D eigenvalue weighted by atomic mass is 16.8. The molecule has 0 aromatic carbocycles. The Morgan fingerprint density at radius 2 is 1.32 bits per heavy atom. The van der Waals surface area contributed by atoms with Gasteiger partial charge >= 0.3 is 23.9 Å². The number of carboxylic acids is 3. The van der Waals surface area contributed by atoms with Crippen molar-refractivity contribution in [3.05, 3.63) is 11.6 Å². The summed E-state index contributed by atoms with van der Waals surface area (Å²) in [5, 5.41) is 83.3. The summed E-state index contributed by atoms with van der Waals surface area (Å²) in [4.78, 5) is 65.6. The van der Waals surface area contributed by atoms with E-state index in [0.717, 1.165) is 5.57 Å². The molecule has 19 atom stereocenters. The first-order chi connectivity index (χ1) is 28.8. The van der Waals surface area contributed by atoms with E-state index in [1.165, 1.54) is 0 Å². The van der Waals surface area contributed by atoms with Crippen LogP contribution in [0.1, 0.15) is 106 Å². The Labute approximate surface area is 359 Å². The number of carboxylic acid groups (broad SMARTS) is 3. The predicted molar refractivity (Wildman–Crippen MR) is 210 cm³/mol. The van der Waals surface area contributed by atoms with Crippen molar-refractivity contribution in [3.63, 3.8) is 0 Å². The fourth-order valence-corrected chi connectivity index (χ4v) is 13.7. The van der Waals surface area contributed by atoms with Crippen molar-refractivity contribution >= 4 is 29.7 Å². The largest absolute Gasteiger partial charge is 0.481 e. The second kappa shape index (κ2) is 15.8. The summed E-state index contributed by atoms with van der Waals surface area (Å²) in [6.45, 7) is 14.1. The molecule has 7 aliphatic rings. The van der Waals surface area contributed by atoms with Crippen LogP contribution in [0.2, 0.25) is 0 Å². The van der Waals surface area contributed by atoms with E-state index in [1.807, 2.05) is 13.8 Å². The highest BCUT2D eigenvalue weighted by Gasteiger charge is 2.72. The number of hydrogen-bond acceptors (Lipinski definition) is 15. The second-order valence-electron chi connectivity index (χ2n) is 20.8. The molecule has 2 heterocycles. The third-order valence-electron chi connectivity index (χ3n) is 17.5. The fraction of sp³-hybridized carbons (Fsp3) is 0.841. The minimum Gasteiger partial charge on any atom is -0.481 e. The van der Waals surface area contributed by atoms with Crippen LogP contribution in [-0.4, -0.2) is 145 Å². The number of allylic oxidation sites excluding steroid dienone is 2. The van der Waals surface area contributed by atoms with E-state index in [-0.39, 0.29) is 30.7 Å². The van der Waals surface area contributed by atoms with E-state index in [4.69, 9.17) is 23.7 Å². The summed E-state index contributed by atoms with van der Waals surface area (Å²) in [5.41, 5.74) is -3.72. The first-order valence-corrected chi connectivity index (χ1v) is 21.9. The van der Waals surface area contributed by atoms with Gasteiger partial charge in [0.1, 0.15) is 36.6 Å². The zero-order chi connectivity index (χ0) is 45.9. The van der Waals surface area contributed by atoms with Crippen molar-refractivity contribution in [1.29, 1.82) is 0 Å². The third-order valence-corrected chi connectivity index (χ3v) is 17.5. The van der Waals surface area contributed by atoms with Crippen molar-refractivity contribution < 1.29 is 88.5 Å². The van der Waals surface area contributed by atoms with Crippen LogP contribution in [0.15, 0.2) is 11.6 Å². The highest BCUT2D eigenvalue weighted by Crippen LogP contribution is 2.75. The lowest BCUT2D eigenvalue weighted by Crippen LogP contribution is -2.68. The molecular formula is C44H64O18. The predicted octanol–water partition coefficient (Wildman–Crippen LogP) is 1.79. The van der Waals surface area contributed by atoms with Crippen LogP contribution in [0.3, 0.4) is 0 Å². The SMILES string of the molecule is CCOC(=O)[C@]12CC[C@](C)(C(=O)O)C[C@H]1C1=CC(=O)[C@@H]3[C@@]4(C)CC[C@H](O[C@@H]5O[C@H](C(=O)O)[C@@H](O)[C@H](O)[C@H]5O[C@@H]5O[C@H](C(=O)O)[C@@H](O)[C@H](O)[C@H]5O)C(C)(C)[C@@H]4CC[C@@]3(C)[C@]1(C)CC2. The van der Waals surface area contributed by atoms with Crippen molar-refractivity contribution in [2.45, 2.75) is 174 Å². The van der Waals surface area contributed by atoms with Crippen molar-refractivity contribution in [3.8, 4) is 0 Å². The number of fused-ring (bicyclic) bond motifs is 7. The van der Waals surface area contributed by atoms with Crippen LogP contribution in [0.25, 0.3) is 0 Å². The summed E-state index contributed by atoms with van der Waals surface area (Å²) in [6, 6.07) is 0. The maximum Gasteiger partial charge on any atom is 0.335 e. The van der Waals surface area contributed by atoms with Gasteiger partial charge in [-0.1, -0.05) is 40.2 Å². The van der Waals surface area contributed by atoms with Gasteiger partial charge < -0.3 is 64.5 Å². The quantitative estimate of drug-likeness (QED) is 0.121.